The van der Waals surface area contributed by atoms with Crippen LogP contribution in [0.4, 0.5) is 0 Å². The van der Waals surface area contributed by atoms with Gasteiger partial charge < -0.3 is 15.0 Å². The number of carbonyl (C=O) groups is 1. The number of ether oxygens (including phenoxy) is 1. The van der Waals surface area contributed by atoms with E-state index in [9.17, 15) is 4.79 Å². The molecule has 1 atom stereocenters. The van der Waals surface area contributed by atoms with Crippen molar-refractivity contribution in [2.24, 2.45) is 0 Å². The van der Waals surface area contributed by atoms with Crippen LogP contribution in [0.5, 0.6) is 5.75 Å². The Morgan fingerprint density at radius 1 is 0.917 bits per heavy atom. The maximum Gasteiger partial charge on any atom is 0.224 e. The number of carbonyl (C=O) groups excluding carboxylic acids is 1. The minimum atomic E-state index is -0.0191. The summed E-state index contributed by atoms with van der Waals surface area (Å²) < 4.78 is 5.96. The number of halogens is 1. The maximum absolute atomic E-state index is 12.6. The van der Waals surface area contributed by atoms with E-state index in [0.717, 1.165) is 24.9 Å². The van der Waals surface area contributed by atoms with Crippen molar-refractivity contribution >= 4 is 17.5 Å². The number of unbranched alkanes of at least 4 members (excludes halogenated alkanes) is 11. The maximum atomic E-state index is 12.6. The lowest BCUT2D eigenvalue weighted by Gasteiger charge is -2.30. The Balaban J connectivity index is 1.60. The van der Waals surface area contributed by atoms with Gasteiger partial charge in [0.1, 0.15) is 5.75 Å². The molecule has 1 amide bonds. The van der Waals surface area contributed by atoms with E-state index in [4.69, 9.17) is 16.3 Å². The van der Waals surface area contributed by atoms with Gasteiger partial charge in [0, 0.05) is 13.1 Å². The molecule has 2 rings (SSSR count). The molecule has 0 saturated carbocycles. The predicted octanol–water partition coefficient (Wildman–Crippen LogP) is 8.24. The molecule has 0 aromatic heterocycles. The van der Waals surface area contributed by atoms with Gasteiger partial charge in [0.25, 0.3) is 0 Å². The number of benzene rings is 1. The van der Waals surface area contributed by atoms with Gasteiger partial charge >= 0.3 is 0 Å². The van der Waals surface area contributed by atoms with Crippen LogP contribution in [0.1, 0.15) is 103 Å². The van der Waals surface area contributed by atoms with E-state index in [0.29, 0.717) is 23.9 Å². The van der Waals surface area contributed by atoms with Crippen LogP contribution >= 0.6 is 11.6 Å². The fourth-order valence-electron chi connectivity index (χ4n) is 4.64. The highest BCUT2D eigenvalue weighted by Gasteiger charge is 2.16. The Morgan fingerprint density at radius 2 is 1.58 bits per heavy atom. The first-order valence-electron chi connectivity index (χ1n) is 14.4. The number of hydrogen-bond donors (Lipinski definition) is 1. The molecular weight excluding hydrogens is 468 g/mol. The van der Waals surface area contributed by atoms with Crippen molar-refractivity contribution in [2.45, 2.75) is 110 Å². The molecule has 1 N–H and O–H groups in total. The Bertz CT molecular complexity index is 793. The molecule has 1 unspecified atom stereocenters. The summed E-state index contributed by atoms with van der Waals surface area (Å²) >= 11 is 6.58. The second-order valence-corrected chi connectivity index (χ2v) is 10.4. The Kier molecular flexibility index (Phi) is 16.2. The number of hydrogen-bond acceptors (Lipinski definition) is 3. The summed E-state index contributed by atoms with van der Waals surface area (Å²) in [5, 5.41) is 3.62. The highest BCUT2D eigenvalue weighted by molar-refractivity contribution is 6.33. The molecule has 1 aromatic rings. The standard InChI is InChI=1S/C31H49ClN2O2/c1-3-5-6-7-8-9-10-11-12-13-14-17-24-36-29-21-18-19-27(31(29)32)25-30(35)33-26-28-20-15-16-23-34(28)22-4-2/h15-16,18-21,23,28H,3-14,17,22,24-26H2,1-2H3,(H,33,35). The van der Waals surface area contributed by atoms with E-state index in [1.165, 1.54) is 70.6 Å². The van der Waals surface area contributed by atoms with Gasteiger partial charge in [-0.2, -0.15) is 0 Å². The fraction of sp³-hybridized carbons (Fsp3) is 0.645. The summed E-state index contributed by atoms with van der Waals surface area (Å²) in [4.78, 5) is 14.9. The van der Waals surface area contributed by atoms with E-state index >= 15 is 0 Å². The molecule has 1 aromatic carbocycles. The van der Waals surface area contributed by atoms with Gasteiger partial charge in [-0.25, -0.2) is 0 Å². The molecule has 0 bridgehead atoms. The molecule has 0 saturated heterocycles. The van der Waals surface area contributed by atoms with E-state index in [1.807, 2.05) is 30.4 Å². The summed E-state index contributed by atoms with van der Waals surface area (Å²) in [5.74, 6) is 0.661. The molecule has 4 nitrogen and oxygen atoms in total. The van der Waals surface area contributed by atoms with E-state index in [-0.39, 0.29) is 18.4 Å². The third-order valence-corrected chi connectivity index (χ3v) is 7.22. The van der Waals surface area contributed by atoms with Gasteiger partial charge in [-0.1, -0.05) is 120 Å². The molecular formula is C31H49ClN2O2. The van der Waals surface area contributed by atoms with Crippen LogP contribution in [0, 0.1) is 0 Å². The SMILES string of the molecule is CCCCCCCCCCCCCCOc1cccc(CC(=O)NCC2C=CC=CN2CCC)c1Cl. The quantitative estimate of drug-likeness (QED) is 0.177. The normalized spacial score (nSPS) is 14.9. The van der Waals surface area contributed by atoms with Crippen molar-refractivity contribution in [1.29, 1.82) is 0 Å². The summed E-state index contributed by atoms with van der Waals surface area (Å²) in [6, 6.07) is 5.92. The van der Waals surface area contributed by atoms with Crippen molar-refractivity contribution in [2.75, 3.05) is 19.7 Å². The molecule has 0 radical (unpaired) electrons. The second kappa shape index (κ2) is 19.2. The molecule has 202 valence electrons. The van der Waals surface area contributed by atoms with E-state index in [2.05, 4.69) is 36.3 Å². The zero-order valence-electron chi connectivity index (χ0n) is 22.8. The van der Waals surface area contributed by atoms with Crippen LogP contribution in [-0.2, 0) is 11.2 Å². The number of rotatable bonds is 20. The lowest BCUT2D eigenvalue weighted by atomic mass is 10.1. The Hall–Kier alpha value is -1.94. The number of nitrogens with zero attached hydrogens (tertiary/aromatic N) is 1. The second-order valence-electron chi connectivity index (χ2n) is 9.98. The lowest BCUT2D eigenvalue weighted by molar-refractivity contribution is -0.120. The first-order valence-corrected chi connectivity index (χ1v) is 14.8. The number of nitrogens with one attached hydrogen (secondary N) is 1. The smallest absolute Gasteiger partial charge is 0.224 e. The number of amides is 1. The predicted molar refractivity (Wildman–Crippen MR) is 154 cm³/mol. The zero-order chi connectivity index (χ0) is 25.8. The average Bonchev–Trinajstić information content (AvgIpc) is 2.88. The summed E-state index contributed by atoms with van der Waals surface area (Å²) in [6.07, 6.45) is 25.5. The molecule has 36 heavy (non-hydrogen) atoms. The molecule has 5 heteroatoms. The van der Waals surface area contributed by atoms with Crippen molar-refractivity contribution in [3.05, 3.63) is 53.2 Å². The minimum absolute atomic E-state index is 0.0191. The van der Waals surface area contributed by atoms with Gasteiger partial charge in [-0.05, 0) is 36.7 Å². The fourth-order valence-corrected chi connectivity index (χ4v) is 4.89. The van der Waals surface area contributed by atoms with Crippen molar-refractivity contribution in [3.8, 4) is 5.75 Å². The van der Waals surface area contributed by atoms with Gasteiger partial charge in [-0.3, -0.25) is 4.79 Å². The lowest BCUT2D eigenvalue weighted by Crippen LogP contribution is -2.41. The highest BCUT2D eigenvalue weighted by atomic mass is 35.5. The topological polar surface area (TPSA) is 41.6 Å². The first kappa shape index (κ1) is 30.3. The molecule has 1 heterocycles. The van der Waals surface area contributed by atoms with Gasteiger partial charge in [-0.15, -0.1) is 0 Å². The van der Waals surface area contributed by atoms with Gasteiger partial charge in [0.15, 0.2) is 0 Å². The van der Waals surface area contributed by atoms with Crippen LogP contribution in [0.2, 0.25) is 5.02 Å². The van der Waals surface area contributed by atoms with Crippen LogP contribution in [0.3, 0.4) is 0 Å². The summed E-state index contributed by atoms with van der Waals surface area (Å²) in [5.41, 5.74) is 0.811. The molecule has 0 fully saturated rings. The molecule has 1 aliphatic rings. The van der Waals surface area contributed by atoms with Crippen LogP contribution in [0.15, 0.2) is 42.6 Å². The van der Waals surface area contributed by atoms with Gasteiger partial charge in [0.2, 0.25) is 5.91 Å². The van der Waals surface area contributed by atoms with Gasteiger partial charge in [0.05, 0.1) is 24.1 Å². The van der Waals surface area contributed by atoms with Crippen molar-refractivity contribution in [1.82, 2.24) is 10.2 Å². The van der Waals surface area contributed by atoms with Crippen LogP contribution in [-0.4, -0.2) is 36.5 Å². The summed E-state index contributed by atoms with van der Waals surface area (Å²) in [6.45, 7) is 6.67. The van der Waals surface area contributed by atoms with Crippen molar-refractivity contribution < 1.29 is 9.53 Å². The third kappa shape index (κ3) is 12.3. The molecule has 1 aliphatic heterocycles. The van der Waals surface area contributed by atoms with E-state index < -0.39 is 0 Å². The summed E-state index contributed by atoms with van der Waals surface area (Å²) in [7, 11) is 0. The van der Waals surface area contributed by atoms with E-state index in [1.54, 1.807) is 0 Å². The highest BCUT2D eigenvalue weighted by Crippen LogP contribution is 2.29. The Labute approximate surface area is 225 Å². The minimum Gasteiger partial charge on any atom is -0.492 e. The monoisotopic (exact) mass is 516 g/mol. The Morgan fingerprint density at radius 3 is 2.25 bits per heavy atom. The zero-order valence-corrected chi connectivity index (χ0v) is 23.5. The molecule has 0 spiro atoms. The largest absolute Gasteiger partial charge is 0.492 e. The number of allylic oxidation sites excluding steroid dienone is 2. The third-order valence-electron chi connectivity index (χ3n) is 6.79. The van der Waals surface area contributed by atoms with Crippen LogP contribution in [0.25, 0.3) is 0 Å². The molecule has 0 aliphatic carbocycles. The van der Waals surface area contributed by atoms with Crippen molar-refractivity contribution in [3.63, 3.8) is 0 Å². The average molecular weight is 517 g/mol. The first-order chi connectivity index (χ1) is 17.7. The van der Waals surface area contributed by atoms with Crippen LogP contribution < -0.4 is 10.1 Å².